The predicted molar refractivity (Wildman–Crippen MR) is 62.6 cm³/mol. The van der Waals surface area contributed by atoms with E-state index in [0.29, 0.717) is 6.17 Å². The Labute approximate surface area is 97.4 Å². The van der Waals surface area contributed by atoms with E-state index in [0.717, 1.165) is 12.5 Å². The number of nitrogens with zero attached hydrogens (tertiary/aromatic N) is 1. The lowest BCUT2D eigenvalue weighted by molar-refractivity contribution is 0.0166. The molecule has 0 amide bonds. The lowest BCUT2D eigenvalue weighted by Gasteiger charge is -2.45. The Bertz CT molecular complexity index is 267. The molecule has 3 rings (SSSR count). The van der Waals surface area contributed by atoms with Crippen LogP contribution in [0.15, 0.2) is 0 Å². The SMILES string of the molecule is CN1C(O)NC2(C3CCCC3)CCCNC12. The highest BCUT2D eigenvalue weighted by molar-refractivity contribution is 5.10. The average Bonchev–Trinajstić information content (AvgIpc) is 2.89. The molecule has 3 fully saturated rings. The van der Waals surface area contributed by atoms with E-state index in [2.05, 4.69) is 15.5 Å². The highest BCUT2D eigenvalue weighted by atomic mass is 16.3. The third-order valence-electron chi connectivity index (χ3n) is 4.87. The molecular formula is C12H23N3O. The minimum Gasteiger partial charge on any atom is -0.365 e. The largest absolute Gasteiger partial charge is 0.365 e. The quantitative estimate of drug-likeness (QED) is 0.606. The fourth-order valence-corrected chi connectivity index (χ4v) is 4.07. The number of fused-ring (bicyclic) bond motifs is 1. The summed E-state index contributed by atoms with van der Waals surface area (Å²) in [5.74, 6) is 0.741. The fourth-order valence-electron chi connectivity index (χ4n) is 4.07. The predicted octanol–water partition coefficient (Wildman–Crippen LogP) is 0.436. The maximum Gasteiger partial charge on any atom is 0.164 e. The topological polar surface area (TPSA) is 47.5 Å². The van der Waals surface area contributed by atoms with E-state index in [1.54, 1.807) is 0 Å². The first-order chi connectivity index (χ1) is 7.74. The number of rotatable bonds is 1. The van der Waals surface area contributed by atoms with Crippen LogP contribution in [0.2, 0.25) is 0 Å². The molecule has 16 heavy (non-hydrogen) atoms. The van der Waals surface area contributed by atoms with Gasteiger partial charge in [-0.25, -0.2) is 0 Å². The van der Waals surface area contributed by atoms with Gasteiger partial charge in [-0.05, 0) is 45.2 Å². The molecule has 1 saturated carbocycles. The molecule has 4 heteroatoms. The molecule has 1 aliphatic carbocycles. The summed E-state index contributed by atoms with van der Waals surface area (Å²) >= 11 is 0. The summed E-state index contributed by atoms with van der Waals surface area (Å²) in [4.78, 5) is 2.05. The van der Waals surface area contributed by atoms with Gasteiger partial charge in [0.2, 0.25) is 0 Å². The third-order valence-corrected chi connectivity index (χ3v) is 4.87. The van der Waals surface area contributed by atoms with Crippen LogP contribution in [0, 0.1) is 5.92 Å². The van der Waals surface area contributed by atoms with Crippen molar-refractivity contribution < 1.29 is 5.11 Å². The van der Waals surface area contributed by atoms with E-state index in [-0.39, 0.29) is 5.54 Å². The van der Waals surface area contributed by atoms with Gasteiger partial charge in [-0.1, -0.05) is 12.8 Å². The van der Waals surface area contributed by atoms with Gasteiger partial charge in [0, 0.05) is 0 Å². The van der Waals surface area contributed by atoms with Crippen LogP contribution in [-0.2, 0) is 0 Å². The Morgan fingerprint density at radius 3 is 2.75 bits per heavy atom. The summed E-state index contributed by atoms with van der Waals surface area (Å²) in [7, 11) is 2.01. The molecule has 2 aliphatic heterocycles. The fraction of sp³-hybridized carbons (Fsp3) is 1.00. The zero-order chi connectivity index (χ0) is 11.2. The second kappa shape index (κ2) is 3.95. The molecule has 0 aromatic rings. The normalized spacial score (nSPS) is 46.1. The van der Waals surface area contributed by atoms with Gasteiger partial charge in [-0.3, -0.25) is 10.2 Å². The van der Waals surface area contributed by atoms with Crippen LogP contribution in [0.25, 0.3) is 0 Å². The van der Waals surface area contributed by atoms with Gasteiger partial charge < -0.3 is 10.4 Å². The van der Waals surface area contributed by atoms with Crippen molar-refractivity contribution in [3.63, 3.8) is 0 Å². The van der Waals surface area contributed by atoms with Crippen LogP contribution < -0.4 is 10.6 Å². The van der Waals surface area contributed by atoms with E-state index in [1.165, 1.54) is 38.5 Å². The molecule has 2 saturated heterocycles. The Morgan fingerprint density at radius 2 is 2.00 bits per heavy atom. The Hall–Kier alpha value is -0.160. The minimum absolute atomic E-state index is 0.128. The zero-order valence-electron chi connectivity index (χ0n) is 10.1. The number of aliphatic hydroxyl groups is 1. The van der Waals surface area contributed by atoms with Gasteiger partial charge in [-0.2, -0.15) is 0 Å². The summed E-state index contributed by atoms with van der Waals surface area (Å²) < 4.78 is 0. The molecule has 0 bridgehead atoms. The number of hydrogen-bond acceptors (Lipinski definition) is 4. The van der Waals surface area contributed by atoms with Crippen molar-refractivity contribution in [3.05, 3.63) is 0 Å². The summed E-state index contributed by atoms with van der Waals surface area (Å²) in [5.41, 5.74) is 0.128. The summed E-state index contributed by atoms with van der Waals surface area (Å²) in [6, 6.07) is 0. The second-order valence-corrected chi connectivity index (χ2v) is 5.67. The maximum absolute atomic E-state index is 10.0. The highest BCUT2D eigenvalue weighted by Crippen LogP contribution is 2.43. The number of hydrogen-bond donors (Lipinski definition) is 3. The van der Waals surface area contributed by atoms with E-state index < -0.39 is 6.35 Å². The first kappa shape index (κ1) is 11.0. The number of likely N-dealkylation sites (N-methyl/N-ethyl adjacent to an activating group) is 1. The molecule has 92 valence electrons. The van der Waals surface area contributed by atoms with Crippen molar-refractivity contribution >= 4 is 0 Å². The molecular weight excluding hydrogens is 202 g/mol. The molecule has 0 spiro atoms. The lowest BCUT2D eigenvalue weighted by Crippen LogP contribution is -2.63. The van der Waals surface area contributed by atoms with Crippen LogP contribution in [0.4, 0.5) is 0 Å². The molecule has 2 heterocycles. The van der Waals surface area contributed by atoms with Crippen molar-refractivity contribution in [2.24, 2.45) is 5.92 Å². The number of piperidine rings is 1. The molecule has 3 aliphatic rings. The van der Waals surface area contributed by atoms with E-state index in [4.69, 9.17) is 0 Å². The molecule has 3 atom stereocenters. The minimum atomic E-state index is -0.476. The summed E-state index contributed by atoms with van der Waals surface area (Å²) in [6.07, 6.45) is 7.64. The van der Waals surface area contributed by atoms with Gasteiger partial charge in [0.1, 0.15) is 0 Å². The van der Waals surface area contributed by atoms with Gasteiger partial charge in [0.05, 0.1) is 11.7 Å². The molecule has 0 radical (unpaired) electrons. The van der Waals surface area contributed by atoms with Crippen molar-refractivity contribution in [3.8, 4) is 0 Å². The van der Waals surface area contributed by atoms with Crippen molar-refractivity contribution in [1.82, 2.24) is 15.5 Å². The Balaban J connectivity index is 1.88. The molecule has 3 N–H and O–H groups in total. The maximum atomic E-state index is 10.0. The Kier molecular flexibility index (Phi) is 2.70. The lowest BCUT2D eigenvalue weighted by atomic mass is 9.75. The smallest absolute Gasteiger partial charge is 0.164 e. The first-order valence-corrected chi connectivity index (χ1v) is 6.65. The van der Waals surface area contributed by atoms with Crippen LogP contribution in [0.1, 0.15) is 38.5 Å². The van der Waals surface area contributed by atoms with Gasteiger partial charge in [0.15, 0.2) is 6.35 Å². The second-order valence-electron chi connectivity index (χ2n) is 5.67. The summed E-state index contributed by atoms with van der Waals surface area (Å²) in [5, 5.41) is 17.1. The van der Waals surface area contributed by atoms with Crippen molar-refractivity contribution in [2.45, 2.75) is 56.6 Å². The van der Waals surface area contributed by atoms with Gasteiger partial charge in [-0.15, -0.1) is 0 Å². The van der Waals surface area contributed by atoms with Crippen LogP contribution in [0.5, 0.6) is 0 Å². The Morgan fingerprint density at radius 1 is 1.25 bits per heavy atom. The van der Waals surface area contributed by atoms with E-state index >= 15 is 0 Å². The monoisotopic (exact) mass is 225 g/mol. The van der Waals surface area contributed by atoms with Crippen LogP contribution in [-0.4, -0.2) is 41.7 Å². The van der Waals surface area contributed by atoms with E-state index in [1.807, 2.05) is 7.05 Å². The number of aliphatic hydroxyl groups excluding tert-OH is 1. The molecule has 4 nitrogen and oxygen atoms in total. The van der Waals surface area contributed by atoms with Crippen LogP contribution >= 0.6 is 0 Å². The standard InChI is InChI=1S/C12H23N3O/c1-15-10-12(14-11(15)16,7-4-8-13-10)9-5-2-3-6-9/h9-11,13-14,16H,2-8H2,1H3. The van der Waals surface area contributed by atoms with Crippen molar-refractivity contribution in [2.75, 3.05) is 13.6 Å². The van der Waals surface area contributed by atoms with Gasteiger partial charge >= 0.3 is 0 Å². The first-order valence-electron chi connectivity index (χ1n) is 6.65. The molecule has 0 aromatic heterocycles. The highest BCUT2D eigenvalue weighted by Gasteiger charge is 2.55. The average molecular weight is 225 g/mol. The van der Waals surface area contributed by atoms with E-state index in [9.17, 15) is 5.11 Å². The van der Waals surface area contributed by atoms with Gasteiger partial charge in [0.25, 0.3) is 0 Å². The third kappa shape index (κ3) is 1.44. The zero-order valence-corrected chi connectivity index (χ0v) is 10.1. The summed E-state index contributed by atoms with van der Waals surface area (Å²) in [6.45, 7) is 1.08. The van der Waals surface area contributed by atoms with Crippen LogP contribution in [0.3, 0.4) is 0 Å². The molecule has 3 unspecified atom stereocenters. The van der Waals surface area contributed by atoms with Crippen molar-refractivity contribution in [1.29, 1.82) is 0 Å². The number of nitrogens with one attached hydrogen (secondary N) is 2. The molecule has 0 aromatic carbocycles.